The molecule has 1 unspecified atom stereocenters. The van der Waals surface area contributed by atoms with Gasteiger partial charge in [0.2, 0.25) is 0 Å². The van der Waals surface area contributed by atoms with Crippen LogP contribution in [-0.2, 0) is 10.8 Å². The molecule has 3 heteroatoms. The Morgan fingerprint density at radius 3 is 1.66 bits per heavy atom. The molecule has 0 aliphatic heterocycles. The lowest BCUT2D eigenvalue weighted by atomic mass is 9.86. The maximum Gasteiger partial charge on any atom is 0.155 e. The molecule has 0 spiro atoms. The quantitative estimate of drug-likeness (QED) is 0.0969. The summed E-state index contributed by atoms with van der Waals surface area (Å²) in [4.78, 5) is 10.5. The number of rotatable bonds is 6. The van der Waals surface area contributed by atoms with Gasteiger partial charge in [0.1, 0.15) is 0 Å². The van der Waals surface area contributed by atoms with Crippen molar-refractivity contribution in [2.24, 2.45) is 9.98 Å². The maximum absolute atomic E-state index is 5.28. The van der Waals surface area contributed by atoms with E-state index in [4.69, 9.17) is 9.98 Å². The van der Waals surface area contributed by atoms with Crippen LogP contribution in [0.15, 0.2) is 145 Å². The molecule has 0 saturated carbocycles. The minimum absolute atomic E-state index is 0.0610. The van der Waals surface area contributed by atoms with E-state index in [1.54, 1.807) is 0 Å². The molecule has 0 aliphatic rings. The molecule has 254 valence electrons. The number of para-hydroxylation sites is 2. The van der Waals surface area contributed by atoms with Crippen LogP contribution in [0.4, 0.5) is 0 Å². The molecule has 0 fully saturated rings. The van der Waals surface area contributed by atoms with Crippen LogP contribution < -0.4 is 0 Å². The van der Waals surface area contributed by atoms with Crippen molar-refractivity contribution in [2.45, 2.75) is 72.3 Å². The summed E-state index contributed by atoms with van der Waals surface area (Å²) in [6, 6.07) is 41.3. The number of fused-ring (bicyclic) bond motifs is 3. The Labute approximate surface area is 299 Å². The van der Waals surface area contributed by atoms with Gasteiger partial charge >= 0.3 is 0 Å². The monoisotopic (exact) mass is 657 g/mol. The zero-order valence-corrected chi connectivity index (χ0v) is 31.1. The van der Waals surface area contributed by atoms with Gasteiger partial charge in [0.25, 0.3) is 0 Å². The molecule has 6 rings (SSSR count). The fourth-order valence-electron chi connectivity index (χ4n) is 6.32. The Bertz CT molecular complexity index is 2120. The smallest absolute Gasteiger partial charge is 0.155 e. The van der Waals surface area contributed by atoms with E-state index in [1.165, 1.54) is 38.5 Å². The molecule has 0 amide bonds. The average molecular weight is 658 g/mol. The molecule has 3 nitrogen and oxygen atoms in total. The molecule has 1 aromatic heterocycles. The molecule has 50 heavy (non-hydrogen) atoms. The number of aromatic nitrogens is 1. The molecular formula is C47H51N3. The van der Waals surface area contributed by atoms with E-state index in [0.29, 0.717) is 0 Å². The first-order valence-electron chi connectivity index (χ1n) is 17.4. The third kappa shape index (κ3) is 7.63. The minimum atomic E-state index is -0.0689. The lowest BCUT2D eigenvalue weighted by Crippen LogP contribution is -2.12. The van der Waals surface area contributed by atoms with Gasteiger partial charge in [-0.15, -0.1) is 13.2 Å². The van der Waals surface area contributed by atoms with Crippen LogP contribution in [0.1, 0.15) is 94.8 Å². The summed E-state index contributed by atoms with van der Waals surface area (Å²) in [6.07, 6.45) is 1.91. The second-order valence-corrected chi connectivity index (χ2v) is 14.9. The Morgan fingerprint density at radius 2 is 1.16 bits per heavy atom. The van der Waals surface area contributed by atoms with Crippen LogP contribution >= 0.6 is 0 Å². The Kier molecular flexibility index (Phi) is 10.6. The molecule has 5 aromatic carbocycles. The first kappa shape index (κ1) is 36.0. The Hall–Kier alpha value is -5.28. The highest BCUT2D eigenvalue weighted by molar-refractivity contribution is 6.12. The predicted molar refractivity (Wildman–Crippen MR) is 220 cm³/mol. The van der Waals surface area contributed by atoms with Gasteiger partial charge in [-0.25, -0.2) is 4.99 Å². The van der Waals surface area contributed by atoms with Crippen LogP contribution in [0.5, 0.6) is 0 Å². The summed E-state index contributed by atoms with van der Waals surface area (Å²) < 4.78 is 2.35. The number of nitrogens with zero attached hydrogens (tertiary/aromatic N) is 3. The van der Waals surface area contributed by atoms with Gasteiger partial charge < -0.3 is 4.57 Å². The largest absolute Gasteiger partial charge is 0.309 e. The highest BCUT2D eigenvalue weighted by Crippen LogP contribution is 2.33. The molecule has 0 aliphatic carbocycles. The average Bonchev–Trinajstić information content (AvgIpc) is 3.45. The van der Waals surface area contributed by atoms with Crippen molar-refractivity contribution < 1.29 is 0 Å². The zero-order valence-electron chi connectivity index (χ0n) is 31.1. The summed E-state index contributed by atoms with van der Waals surface area (Å²) in [5.41, 5.74) is 11.3. The van der Waals surface area contributed by atoms with Crippen molar-refractivity contribution in [1.82, 2.24) is 4.57 Å². The summed E-state index contributed by atoms with van der Waals surface area (Å²) >= 11 is 0. The van der Waals surface area contributed by atoms with E-state index in [0.717, 1.165) is 33.9 Å². The van der Waals surface area contributed by atoms with Crippen LogP contribution in [0.25, 0.3) is 33.6 Å². The van der Waals surface area contributed by atoms with Crippen molar-refractivity contribution in [1.29, 1.82) is 0 Å². The fourth-order valence-corrected chi connectivity index (χ4v) is 6.32. The molecular weight excluding hydrogens is 607 g/mol. The molecule has 6 aromatic rings. The van der Waals surface area contributed by atoms with Gasteiger partial charge in [0.15, 0.2) is 5.84 Å². The normalized spacial score (nSPS) is 13.2. The van der Waals surface area contributed by atoms with Crippen LogP contribution in [-0.4, -0.2) is 16.1 Å². The summed E-state index contributed by atoms with van der Waals surface area (Å²) in [7, 11) is 0. The topological polar surface area (TPSA) is 29.6 Å². The molecule has 0 bridgehead atoms. The van der Waals surface area contributed by atoms with Crippen LogP contribution in [0.2, 0.25) is 0 Å². The second kappa shape index (κ2) is 14.7. The Morgan fingerprint density at radius 1 is 0.660 bits per heavy atom. The lowest BCUT2D eigenvalue weighted by Gasteiger charge is -2.20. The number of benzene rings is 5. The molecule has 1 atom stereocenters. The van der Waals surface area contributed by atoms with Crippen molar-refractivity contribution in [2.75, 3.05) is 0 Å². The number of aliphatic imine (C=N–C) groups is 2. The van der Waals surface area contributed by atoms with Gasteiger partial charge in [0.05, 0.1) is 17.1 Å². The fraction of sp³-hybridized carbons (Fsp3) is 0.234. The molecule has 0 radical (unpaired) electrons. The minimum Gasteiger partial charge on any atom is -0.309 e. The van der Waals surface area contributed by atoms with Gasteiger partial charge in [-0.2, -0.15) is 0 Å². The van der Waals surface area contributed by atoms with Crippen LogP contribution in [0.3, 0.4) is 0 Å². The molecule has 1 heterocycles. The van der Waals surface area contributed by atoms with E-state index in [-0.39, 0.29) is 16.9 Å². The Balaban J connectivity index is 0.00000239. The van der Waals surface area contributed by atoms with Crippen molar-refractivity contribution in [3.8, 4) is 5.69 Å². The van der Waals surface area contributed by atoms with E-state index in [9.17, 15) is 0 Å². The van der Waals surface area contributed by atoms with E-state index >= 15 is 0 Å². The van der Waals surface area contributed by atoms with Crippen molar-refractivity contribution in [3.05, 3.63) is 168 Å². The van der Waals surface area contributed by atoms with E-state index < -0.39 is 0 Å². The van der Waals surface area contributed by atoms with Crippen molar-refractivity contribution >= 4 is 39.4 Å². The first-order chi connectivity index (χ1) is 23.8. The van der Waals surface area contributed by atoms with Gasteiger partial charge in [-0.1, -0.05) is 139 Å². The third-order valence-corrected chi connectivity index (χ3v) is 9.29. The SMILES string of the molecule is C=C.C=Cc1cc(C(C)=NC(=NC(C)c2ccc(C(C)(C)C)cc2)c2ccc(C(C)(C)C)cc2)cc(-n2c3ccccc3c3ccccc32)c1. The predicted octanol–water partition coefficient (Wildman–Crippen LogP) is 12.8. The van der Waals surface area contributed by atoms with Gasteiger partial charge in [-0.05, 0) is 82.8 Å². The molecule has 0 N–H and O–H groups in total. The van der Waals surface area contributed by atoms with Crippen molar-refractivity contribution in [3.63, 3.8) is 0 Å². The summed E-state index contributed by atoms with van der Waals surface area (Å²) in [5, 5.41) is 2.48. The number of hydrogen-bond acceptors (Lipinski definition) is 1. The third-order valence-electron chi connectivity index (χ3n) is 9.29. The first-order valence-corrected chi connectivity index (χ1v) is 17.4. The highest BCUT2D eigenvalue weighted by Gasteiger charge is 2.18. The standard InChI is InChI=1S/C45H47N3.C2H4/c1-10-32-27-35(29-38(28-32)48-41-17-13-11-15-39(41)40-16-12-14-18-42(40)48)31(3)47-43(34-21-25-37(26-22-34)45(7,8)9)46-30(2)33-19-23-36(24-20-33)44(4,5)6;1-2/h10-30H,1H2,2-9H3;1-2H2. The summed E-state index contributed by atoms with van der Waals surface area (Å²) in [6.45, 7) is 27.8. The number of hydrogen-bond donors (Lipinski definition) is 0. The van der Waals surface area contributed by atoms with Gasteiger partial charge in [-0.3, -0.25) is 4.99 Å². The highest BCUT2D eigenvalue weighted by atomic mass is 15.0. The maximum atomic E-state index is 5.28. The molecule has 0 saturated heterocycles. The van der Waals surface area contributed by atoms with E-state index in [2.05, 4.69) is 195 Å². The number of amidine groups is 1. The zero-order chi connectivity index (χ0) is 36.2. The summed E-state index contributed by atoms with van der Waals surface area (Å²) in [5.74, 6) is 0.725. The van der Waals surface area contributed by atoms with Crippen LogP contribution in [0, 0.1) is 0 Å². The second-order valence-electron chi connectivity index (χ2n) is 14.9. The van der Waals surface area contributed by atoms with Gasteiger partial charge in [0, 0.05) is 27.7 Å². The van der Waals surface area contributed by atoms with E-state index in [1.807, 2.05) is 6.08 Å². The lowest BCUT2D eigenvalue weighted by molar-refractivity contribution is 0.589.